The van der Waals surface area contributed by atoms with Gasteiger partial charge in [0.05, 0.1) is 16.7 Å². The van der Waals surface area contributed by atoms with E-state index in [2.05, 4.69) is 15.3 Å². The van der Waals surface area contributed by atoms with Crippen LogP contribution in [0.3, 0.4) is 0 Å². The van der Waals surface area contributed by atoms with Gasteiger partial charge in [-0.25, -0.2) is 18.2 Å². The van der Waals surface area contributed by atoms with Crippen molar-refractivity contribution in [3.05, 3.63) is 71.4 Å². The maximum absolute atomic E-state index is 12.9. The molecule has 0 bridgehead atoms. The molecule has 190 valence electrons. The minimum absolute atomic E-state index is 0.199. The highest BCUT2D eigenvalue weighted by Gasteiger charge is 2.33. The zero-order chi connectivity index (χ0) is 25.7. The number of carbonyl (C=O) groups excluding carboxylic acids is 1. The van der Waals surface area contributed by atoms with Crippen molar-refractivity contribution in [3.63, 3.8) is 0 Å². The van der Waals surface area contributed by atoms with Crippen LogP contribution in [-0.2, 0) is 22.0 Å². The maximum atomic E-state index is 12.9. The average Bonchev–Trinajstić information content (AvgIpc) is 3.24. The van der Waals surface area contributed by atoms with Gasteiger partial charge in [0, 0.05) is 43.2 Å². The molecule has 4 rings (SSSR count). The van der Waals surface area contributed by atoms with Gasteiger partial charge in [-0.3, -0.25) is 9.78 Å². The molecule has 3 aromatic rings. The van der Waals surface area contributed by atoms with Gasteiger partial charge < -0.3 is 19.7 Å². The predicted octanol–water partition coefficient (Wildman–Crippen LogP) is 3.07. The molecule has 0 aliphatic carbocycles. The van der Waals surface area contributed by atoms with Crippen molar-refractivity contribution in [3.8, 4) is 11.5 Å². The summed E-state index contributed by atoms with van der Waals surface area (Å²) in [5.41, 5.74) is 2.49. The van der Waals surface area contributed by atoms with Crippen LogP contribution in [0.15, 0.2) is 53.2 Å². The SMILES string of the molecule is Cc1oc(-c2ccc(C(=O)NCCc3cccnc3)cc2)nc1CS(=O)(=O)C1CCN(C(=O)O)CC1. The Morgan fingerprint density at radius 1 is 1.17 bits per heavy atom. The van der Waals surface area contributed by atoms with Crippen molar-refractivity contribution in [1.29, 1.82) is 0 Å². The molecule has 1 aliphatic rings. The van der Waals surface area contributed by atoms with Crippen LogP contribution >= 0.6 is 0 Å². The van der Waals surface area contributed by atoms with Gasteiger partial charge in [0.25, 0.3) is 5.91 Å². The van der Waals surface area contributed by atoms with E-state index in [1.165, 1.54) is 4.90 Å². The van der Waals surface area contributed by atoms with Crippen LogP contribution in [0.1, 0.15) is 40.2 Å². The Morgan fingerprint density at radius 2 is 1.89 bits per heavy atom. The summed E-state index contributed by atoms with van der Waals surface area (Å²) in [6, 6.07) is 10.6. The molecule has 36 heavy (non-hydrogen) atoms. The second kappa shape index (κ2) is 10.9. The first kappa shape index (κ1) is 25.4. The summed E-state index contributed by atoms with van der Waals surface area (Å²) in [6.45, 7) is 2.55. The van der Waals surface area contributed by atoms with E-state index in [9.17, 15) is 18.0 Å². The van der Waals surface area contributed by atoms with E-state index in [4.69, 9.17) is 9.52 Å². The topological polar surface area (TPSA) is 143 Å². The Bertz CT molecular complexity index is 1310. The molecular weight excluding hydrogens is 484 g/mol. The number of piperidine rings is 1. The predicted molar refractivity (Wildman–Crippen MR) is 132 cm³/mol. The van der Waals surface area contributed by atoms with Crippen LogP contribution in [0, 0.1) is 6.92 Å². The summed E-state index contributed by atoms with van der Waals surface area (Å²) >= 11 is 0. The van der Waals surface area contributed by atoms with Crippen LogP contribution in [0.25, 0.3) is 11.5 Å². The molecule has 0 saturated carbocycles. The quantitative estimate of drug-likeness (QED) is 0.469. The Hall–Kier alpha value is -3.73. The number of carbonyl (C=O) groups is 2. The Balaban J connectivity index is 1.36. The second-order valence-corrected chi connectivity index (χ2v) is 11.0. The lowest BCUT2D eigenvalue weighted by Gasteiger charge is -2.29. The van der Waals surface area contributed by atoms with Gasteiger partial charge in [0.15, 0.2) is 9.84 Å². The first-order valence-corrected chi connectivity index (χ1v) is 13.4. The highest BCUT2D eigenvalue weighted by atomic mass is 32.2. The van der Waals surface area contributed by atoms with Crippen molar-refractivity contribution in [1.82, 2.24) is 20.2 Å². The number of benzene rings is 1. The lowest BCUT2D eigenvalue weighted by molar-refractivity contribution is 0.0954. The number of amides is 2. The molecule has 2 N–H and O–H groups in total. The molecule has 1 saturated heterocycles. The van der Waals surface area contributed by atoms with Gasteiger partial charge in [0.2, 0.25) is 5.89 Å². The largest absolute Gasteiger partial charge is 0.465 e. The fourth-order valence-corrected chi connectivity index (χ4v) is 5.95. The number of rotatable bonds is 8. The standard InChI is InChI=1S/C25H28N4O6S/c1-17-22(16-36(33,34)21-9-13-29(14-10-21)25(31)32)28-24(35-17)20-6-4-19(5-7-20)23(30)27-12-8-18-3-2-11-26-15-18/h2-7,11,15,21H,8-10,12-14,16H2,1H3,(H,27,30)(H,31,32). The van der Waals surface area contributed by atoms with E-state index < -0.39 is 21.2 Å². The molecule has 3 heterocycles. The van der Waals surface area contributed by atoms with E-state index in [0.29, 0.717) is 35.5 Å². The van der Waals surface area contributed by atoms with E-state index in [-0.39, 0.29) is 43.5 Å². The van der Waals surface area contributed by atoms with E-state index >= 15 is 0 Å². The van der Waals surface area contributed by atoms with Crippen molar-refractivity contribution in [2.75, 3.05) is 19.6 Å². The summed E-state index contributed by atoms with van der Waals surface area (Å²) in [6.07, 6.45) is 3.65. The number of oxazole rings is 1. The number of hydrogen-bond acceptors (Lipinski definition) is 7. The Kier molecular flexibility index (Phi) is 7.68. The number of nitrogens with one attached hydrogen (secondary N) is 1. The van der Waals surface area contributed by atoms with Crippen molar-refractivity contribution in [2.45, 2.75) is 37.2 Å². The summed E-state index contributed by atoms with van der Waals surface area (Å²) < 4.78 is 31.6. The van der Waals surface area contributed by atoms with Gasteiger partial charge >= 0.3 is 6.09 Å². The van der Waals surface area contributed by atoms with Crippen molar-refractivity contribution >= 4 is 21.8 Å². The lowest BCUT2D eigenvalue weighted by atomic mass is 10.1. The summed E-state index contributed by atoms with van der Waals surface area (Å²) in [7, 11) is -3.52. The van der Waals surface area contributed by atoms with Crippen LogP contribution in [-0.4, -0.2) is 65.3 Å². The summed E-state index contributed by atoms with van der Waals surface area (Å²) in [5, 5.41) is 11.3. The zero-order valence-electron chi connectivity index (χ0n) is 19.9. The lowest BCUT2D eigenvalue weighted by Crippen LogP contribution is -2.42. The Labute approximate surface area is 209 Å². The molecule has 0 unspecified atom stereocenters. The minimum atomic E-state index is -3.52. The molecule has 10 nitrogen and oxygen atoms in total. The third-order valence-electron chi connectivity index (χ3n) is 6.27. The van der Waals surface area contributed by atoms with Crippen molar-refractivity contribution < 1.29 is 27.5 Å². The molecule has 0 atom stereocenters. The number of pyridine rings is 1. The molecule has 11 heteroatoms. The normalized spacial score (nSPS) is 14.5. The molecule has 2 aromatic heterocycles. The van der Waals surface area contributed by atoms with Crippen molar-refractivity contribution in [2.24, 2.45) is 0 Å². The molecule has 1 aliphatic heterocycles. The molecule has 2 amide bonds. The maximum Gasteiger partial charge on any atom is 0.407 e. The summed E-state index contributed by atoms with van der Waals surface area (Å²) in [5.74, 6) is 0.225. The average molecular weight is 513 g/mol. The number of aryl methyl sites for hydroxylation is 1. The molecular formula is C25H28N4O6S. The first-order valence-electron chi connectivity index (χ1n) is 11.7. The number of aromatic nitrogens is 2. The number of nitrogens with zero attached hydrogens (tertiary/aromatic N) is 3. The van der Waals surface area contributed by atoms with Crippen LogP contribution in [0.5, 0.6) is 0 Å². The zero-order valence-corrected chi connectivity index (χ0v) is 20.7. The summed E-state index contributed by atoms with van der Waals surface area (Å²) in [4.78, 5) is 33.2. The number of hydrogen-bond donors (Lipinski definition) is 2. The van der Waals surface area contributed by atoms with Crippen LogP contribution < -0.4 is 5.32 Å². The molecule has 0 spiro atoms. The van der Waals surface area contributed by atoms with E-state index in [1.807, 2.05) is 12.1 Å². The third kappa shape index (κ3) is 6.09. The minimum Gasteiger partial charge on any atom is -0.465 e. The number of likely N-dealkylation sites (tertiary alicyclic amines) is 1. The highest BCUT2D eigenvalue weighted by Crippen LogP contribution is 2.26. The number of carboxylic acid groups (broad SMARTS) is 1. The van der Waals surface area contributed by atoms with Gasteiger partial charge in [-0.15, -0.1) is 0 Å². The van der Waals surface area contributed by atoms with E-state index in [1.54, 1.807) is 43.6 Å². The van der Waals surface area contributed by atoms with Crippen LogP contribution in [0.4, 0.5) is 4.79 Å². The highest BCUT2D eigenvalue weighted by molar-refractivity contribution is 7.91. The fraction of sp³-hybridized carbons (Fsp3) is 0.360. The fourth-order valence-electron chi connectivity index (χ4n) is 4.13. The monoisotopic (exact) mass is 512 g/mol. The van der Waals surface area contributed by atoms with Gasteiger partial charge in [-0.2, -0.15) is 0 Å². The van der Waals surface area contributed by atoms with Gasteiger partial charge in [0.1, 0.15) is 5.76 Å². The smallest absolute Gasteiger partial charge is 0.407 e. The third-order valence-corrected chi connectivity index (χ3v) is 8.43. The molecule has 1 fully saturated rings. The van der Waals surface area contributed by atoms with Gasteiger partial charge in [-0.05, 0) is 62.1 Å². The Morgan fingerprint density at radius 3 is 2.53 bits per heavy atom. The molecule has 0 radical (unpaired) electrons. The number of sulfone groups is 1. The molecule has 1 aromatic carbocycles. The first-order chi connectivity index (χ1) is 17.2. The van der Waals surface area contributed by atoms with Gasteiger partial charge in [-0.1, -0.05) is 6.07 Å². The second-order valence-electron chi connectivity index (χ2n) is 8.74. The van der Waals surface area contributed by atoms with E-state index in [0.717, 1.165) is 5.56 Å². The van der Waals surface area contributed by atoms with Crippen LogP contribution in [0.2, 0.25) is 0 Å².